The summed E-state index contributed by atoms with van der Waals surface area (Å²) in [6.07, 6.45) is 0. The largest absolute Gasteiger partial charge is 0.493 e. The molecule has 190 valence electrons. The van der Waals surface area contributed by atoms with Gasteiger partial charge in [-0.05, 0) is 60.7 Å². The molecule has 0 aliphatic heterocycles. The van der Waals surface area contributed by atoms with E-state index >= 15 is 0 Å². The van der Waals surface area contributed by atoms with Crippen LogP contribution in [-0.2, 0) is 13.2 Å². The number of benzene rings is 4. The van der Waals surface area contributed by atoms with Gasteiger partial charge in [-0.3, -0.25) is 0 Å². The van der Waals surface area contributed by atoms with E-state index < -0.39 is 0 Å². The number of para-hydroxylation sites is 1. The molecule has 1 unspecified atom stereocenters. The summed E-state index contributed by atoms with van der Waals surface area (Å²) in [6.45, 7) is 6.90. The van der Waals surface area contributed by atoms with E-state index in [-0.39, 0.29) is 12.1 Å². The van der Waals surface area contributed by atoms with Crippen LogP contribution in [0.1, 0.15) is 40.8 Å². The van der Waals surface area contributed by atoms with Gasteiger partial charge in [0.05, 0.1) is 13.2 Å². The van der Waals surface area contributed by atoms with Crippen molar-refractivity contribution in [2.24, 2.45) is 0 Å². The first-order chi connectivity index (χ1) is 18.0. The van der Waals surface area contributed by atoms with Crippen LogP contribution in [0.25, 0.3) is 0 Å². The molecule has 1 atom stereocenters. The Hall–Kier alpha value is -4.25. The summed E-state index contributed by atoms with van der Waals surface area (Å²) in [5.74, 6) is 1.30. The number of carbonyl (C=O) groups is 1. The smallest absolute Gasteiger partial charge is 0.322 e. The number of ether oxygens (including phenoxy) is 2. The lowest BCUT2D eigenvalue weighted by atomic mass is 10.1. The first-order valence-corrected chi connectivity index (χ1v) is 12.5. The molecule has 0 fully saturated rings. The predicted octanol–water partition coefficient (Wildman–Crippen LogP) is 7.69. The third-order valence-electron chi connectivity index (χ3n) is 6.54. The minimum atomic E-state index is -0.156. The second kappa shape index (κ2) is 12.1. The van der Waals surface area contributed by atoms with Crippen molar-refractivity contribution in [1.82, 2.24) is 4.90 Å². The zero-order chi connectivity index (χ0) is 26.2. The summed E-state index contributed by atoms with van der Waals surface area (Å²) in [6, 6.07) is 31.6. The molecular formula is C32H34N2O3. The Balaban J connectivity index is 1.61. The molecule has 0 aliphatic carbocycles. The van der Waals surface area contributed by atoms with Crippen LogP contribution < -0.4 is 14.8 Å². The highest BCUT2D eigenvalue weighted by molar-refractivity contribution is 5.91. The van der Waals surface area contributed by atoms with Crippen molar-refractivity contribution in [2.45, 2.75) is 40.0 Å². The molecule has 5 nitrogen and oxygen atoms in total. The maximum absolute atomic E-state index is 13.7. The van der Waals surface area contributed by atoms with Gasteiger partial charge in [-0.25, -0.2) is 4.79 Å². The number of rotatable bonds is 9. The lowest BCUT2D eigenvalue weighted by Gasteiger charge is -2.31. The van der Waals surface area contributed by atoms with E-state index in [1.165, 1.54) is 0 Å². The Morgan fingerprint density at radius 2 is 1.46 bits per heavy atom. The van der Waals surface area contributed by atoms with E-state index in [2.05, 4.69) is 12.2 Å². The van der Waals surface area contributed by atoms with E-state index in [1.807, 2.05) is 116 Å². The molecule has 4 rings (SSSR count). The van der Waals surface area contributed by atoms with Crippen LogP contribution in [0.2, 0.25) is 0 Å². The fourth-order valence-corrected chi connectivity index (χ4v) is 4.35. The van der Waals surface area contributed by atoms with Gasteiger partial charge >= 0.3 is 6.03 Å². The summed E-state index contributed by atoms with van der Waals surface area (Å²) in [5, 5.41) is 3.16. The third kappa shape index (κ3) is 6.50. The van der Waals surface area contributed by atoms with Crippen LogP contribution in [-0.4, -0.2) is 18.0 Å². The Kier molecular flexibility index (Phi) is 8.47. The lowest BCUT2D eigenvalue weighted by Crippen LogP contribution is -2.37. The van der Waals surface area contributed by atoms with Crippen LogP contribution in [0.15, 0.2) is 97.1 Å². The van der Waals surface area contributed by atoms with Gasteiger partial charge < -0.3 is 19.7 Å². The Bertz CT molecular complexity index is 1300. The number of carbonyl (C=O) groups excluding carboxylic acids is 1. The molecule has 0 radical (unpaired) electrons. The molecule has 1 N–H and O–H groups in total. The molecule has 4 aromatic rings. The summed E-state index contributed by atoms with van der Waals surface area (Å²) >= 11 is 0. The number of anilines is 1. The first-order valence-electron chi connectivity index (χ1n) is 12.5. The highest BCUT2D eigenvalue weighted by Gasteiger charge is 2.23. The van der Waals surface area contributed by atoms with Crippen molar-refractivity contribution < 1.29 is 14.3 Å². The minimum absolute atomic E-state index is 0.152. The summed E-state index contributed by atoms with van der Waals surface area (Å²) in [7, 11) is 1.63. The number of hydrogen-bond donors (Lipinski definition) is 1. The molecule has 0 saturated carbocycles. The van der Waals surface area contributed by atoms with Crippen molar-refractivity contribution in [1.29, 1.82) is 0 Å². The zero-order valence-electron chi connectivity index (χ0n) is 21.9. The number of nitrogens with one attached hydrogen (secondary N) is 1. The molecule has 0 aromatic heterocycles. The quantitative estimate of drug-likeness (QED) is 0.259. The SMILES string of the molecule is COc1ccc(CN(C(=O)Nc2c(C)cccc2C)C(C)c2ccccc2)cc1OCc1ccccc1. The average molecular weight is 495 g/mol. The highest BCUT2D eigenvalue weighted by Crippen LogP contribution is 2.31. The van der Waals surface area contributed by atoms with E-state index in [9.17, 15) is 4.79 Å². The van der Waals surface area contributed by atoms with Gasteiger partial charge in [0.1, 0.15) is 6.61 Å². The predicted molar refractivity (Wildman–Crippen MR) is 149 cm³/mol. The van der Waals surface area contributed by atoms with Gasteiger partial charge in [0.2, 0.25) is 0 Å². The second-order valence-electron chi connectivity index (χ2n) is 9.17. The average Bonchev–Trinajstić information content (AvgIpc) is 2.93. The van der Waals surface area contributed by atoms with Crippen molar-refractivity contribution in [3.05, 3.63) is 125 Å². The minimum Gasteiger partial charge on any atom is -0.493 e. The van der Waals surface area contributed by atoms with Crippen molar-refractivity contribution in [3.8, 4) is 11.5 Å². The molecule has 0 aliphatic rings. The number of hydrogen-bond acceptors (Lipinski definition) is 3. The molecular weight excluding hydrogens is 460 g/mol. The van der Waals surface area contributed by atoms with Gasteiger partial charge in [0.25, 0.3) is 0 Å². The lowest BCUT2D eigenvalue weighted by molar-refractivity contribution is 0.189. The van der Waals surface area contributed by atoms with Crippen LogP contribution in [0.5, 0.6) is 11.5 Å². The number of urea groups is 1. The fraction of sp³-hybridized carbons (Fsp3) is 0.219. The van der Waals surface area contributed by atoms with Crippen LogP contribution in [0, 0.1) is 13.8 Å². The number of aryl methyl sites for hydroxylation is 2. The third-order valence-corrected chi connectivity index (χ3v) is 6.54. The van der Waals surface area contributed by atoms with Crippen LogP contribution in [0.3, 0.4) is 0 Å². The topological polar surface area (TPSA) is 50.8 Å². The van der Waals surface area contributed by atoms with Crippen molar-refractivity contribution >= 4 is 11.7 Å². The molecule has 2 amide bonds. The maximum Gasteiger partial charge on any atom is 0.322 e. The van der Waals surface area contributed by atoms with Gasteiger partial charge in [0.15, 0.2) is 11.5 Å². The fourth-order valence-electron chi connectivity index (χ4n) is 4.35. The Morgan fingerprint density at radius 3 is 2.11 bits per heavy atom. The van der Waals surface area contributed by atoms with E-state index in [0.29, 0.717) is 24.7 Å². The van der Waals surface area contributed by atoms with E-state index in [0.717, 1.165) is 33.5 Å². The molecule has 4 aromatic carbocycles. The maximum atomic E-state index is 13.7. The molecule has 5 heteroatoms. The van der Waals surface area contributed by atoms with Crippen molar-refractivity contribution in [3.63, 3.8) is 0 Å². The summed E-state index contributed by atoms with van der Waals surface area (Å²) in [5.41, 5.74) is 5.99. The van der Waals surface area contributed by atoms with E-state index in [4.69, 9.17) is 9.47 Å². The standard InChI is InChI=1S/C32H34N2O3/c1-23-12-11-13-24(2)31(23)33-32(35)34(25(3)28-16-9-6-10-17-28)21-27-18-19-29(36-4)30(20-27)37-22-26-14-7-5-8-15-26/h5-20,25H,21-22H2,1-4H3,(H,33,35). The summed E-state index contributed by atoms with van der Waals surface area (Å²) in [4.78, 5) is 15.6. The normalized spacial score (nSPS) is 11.5. The number of nitrogens with zero attached hydrogens (tertiary/aromatic N) is 1. The molecule has 0 saturated heterocycles. The number of amides is 2. The zero-order valence-corrected chi connectivity index (χ0v) is 21.9. The highest BCUT2D eigenvalue weighted by atomic mass is 16.5. The number of methoxy groups -OCH3 is 1. The van der Waals surface area contributed by atoms with Gasteiger partial charge in [-0.1, -0.05) is 84.9 Å². The van der Waals surface area contributed by atoms with Gasteiger partial charge in [-0.15, -0.1) is 0 Å². The Morgan fingerprint density at radius 1 is 0.811 bits per heavy atom. The van der Waals surface area contributed by atoms with E-state index in [1.54, 1.807) is 7.11 Å². The van der Waals surface area contributed by atoms with Gasteiger partial charge in [-0.2, -0.15) is 0 Å². The molecule has 37 heavy (non-hydrogen) atoms. The van der Waals surface area contributed by atoms with Gasteiger partial charge in [0, 0.05) is 12.2 Å². The molecule has 0 heterocycles. The van der Waals surface area contributed by atoms with Crippen molar-refractivity contribution in [2.75, 3.05) is 12.4 Å². The molecule has 0 bridgehead atoms. The van der Waals surface area contributed by atoms with Crippen LogP contribution in [0.4, 0.5) is 10.5 Å². The second-order valence-corrected chi connectivity index (χ2v) is 9.17. The Labute approximate surface area is 219 Å². The summed E-state index contributed by atoms with van der Waals surface area (Å²) < 4.78 is 11.7. The molecule has 0 spiro atoms. The first kappa shape index (κ1) is 25.8. The monoisotopic (exact) mass is 494 g/mol. The van der Waals surface area contributed by atoms with Crippen LogP contribution >= 0.6 is 0 Å².